The van der Waals surface area contributed by atoms with E-state index in [1.165, 1.54) is 5.56 Å². The normalized spacial score (nSPS) is 11.1. The van der Waals surface area contributed by atoms with Gasteiger partial charge >= 0.3 is 0 Å². The molecule has 2 rings (SSSR count). The molecule has 1 aromatic carbocycles. The molecule has 0 radical (unpaired) electrons. The van der Waals surface area contributed by atoms with E-state index in [1.54, 1.807) is 6.33 Å². The summed E-state index contributed by atoms with van der Waals surface area (Å²) < 4.78 is 3.08. The Balaban J connectivity index is 2.50. The second-order valence-corrected chi connectivity index (χ2v) is 5.30. The highest BCUT2D eigenvalue weighted by molar-refractivity contribution is 9.10. The van der Waals surface area contributed by atoms with Crippen molar-refractivity contribution >= 4 is 21.7 Å². The summed E-state index contributed by atoms with van der Waals surface area (Å²) >= 11 is 3.49. The third-order valence-corrected chi connectivity index (χ3v) is 3.71. The van der Waals surface area contributed by atoms with Gasteiger partial charge < -0.3 is 10.3 Å². The molecular formula is C13H16BrN3. The van der Waals surface area contributed by atoms with Crippen LogP contribution in [0.3, 0.4) is 0 Å². The summed E-state index contributed by atoms with van der Waals surface area (Å²) in [5.41, 5.74) is 9.21. The lowest BCUT2D eigenvalue weighted by Crippen LogP contribution is -2.04. The van der Waals surface area contributed by atoms with Gasteiger partial charge in [0.15, 0.2) is 0 Å². The van der Waals surface area contributed by atoms with Gasteiger partial charge in [0, 0.05) is 16.1 Å². The molecule has 0 fully saturated rings. The van der Waals surface area contributed by atoms with E-state index in [0.29, 0.717) is 6.04 Å². The average Bonchev–Trinajstić information content (AvgIpc) is 2.64. The highest BCUT2D eigenvalue weighted by Crippen LogP contribution is 2.29. The maximum atomic E-state index is 6.11. The summed E-state index contributed by atoms with van der Waals surface area (Å²) in [6.45, 7) is 6.24. The highest BCUT2D eigenvalue weighted by Gasteiger charge is 2.12. The van der Waals surface area contributed by atoms with Crippen molar-refractivity contribution in [1.29, 1.82) is 0 Å². The summed E-state index contributed by atoms with van der Waals surface area (Å²) in [4.78, 5) is 4.40. The summed E-state index contributed by atoms with van der Waals surface area (Å²) in [5, 5.41) is 0. The number of nitrogens with two attached hydrogens (primary N) is 1. The smallest absolute Gasteiger partial charge is 0.131 e. The molecule has 0 aliphatic rings. The van der Waals surface area contributed by atoms with Crippen molar-refractivity contribution in [2.75, 3.05) is 5.73 Å². The molecule has 0 bridgehead atoms. The molecule has 2 aromatic rings. The second-order valence-electron chi connectivity index (χ2n) is 4.44. The number of imidazole rings is 1. The molecule has 0 aliphatic heterocycles. The zero-order chi connectivity index (χ0) is 12.6. The molecule has 0 spiro atoms. The maximum Gasteiger partial charge on any atom is 0.131 e. The van der Waals surface area contributed by atoms with Crippen molar-refractivity contribution in [3.8, 4) is 11.3 Å². The minimum atomic E-state index is 0.327. The summed E-state index contributed by atoms with van der Waals surface area (Å²) in [6, 6.07) is 6.47. The van der Waals surface area contributed by atoms with Crippen molar-refractivity contribution in [3.63, 3.8) is 0 Å². The Labute approximate surface area is 110 Å². The minimum absolute atomic E-state index is 0.327. The fourth-order valence-corrected chi connectivity index (χ4v) is 2.04. The third-order valence-electron chi connectivity index (χ3n) is 2.82. The van der Waals surface area contributed by atoms with Crippen molar-refractivity contribution in [1.82, 2.24) is 9.55 Å². The third kappa shape index (κ3) is 2.22. The number of anilines is 1. The van der Waals surface area contributed by atoms with Crippen molar-refractivity contribution < 1.29 is 0 Å². The van der Waals surface area contributed by atoms with Gasteiger partial charge in [0.25, 0.3) is 0 Å². The Hall–Kier alpha value is -1.29. The summed E-state index contributed by atoms with van der Waals surface area (Å²) in [7, 11) is 0. The first-order chi connectivity index (χ1) is 8.00. The number of nitrogens with zero attached hydrogens (tertiary/aromatic N) is 2. The van der Waals surface area contributed by atoms with Crippen molar-refractivity contribution in [2.24, 2.45) is 0 Å². The number of aromatic nitrogens is 2. The molecule has 3 nitrogen and oxygen atoms in total. The highest BCUT2D eigenvalue weighted by atomic mass is 79.9. The molecule has 4 heteroatoms. The van der Waals surface area contributed by atoms with Crippen LogP contribution in [0.5, 0.6) is 0 Å². The number of aryl methyl sites for hydroxylation is 1. The molecule has 0 saturated carbocycles. The van der Waals surface area contributed by atoms with Crippen LogP contribution in [0.2, 0.25) is 0 Å². The van der Waals surface area contributed by atoms with Crippen LogP contribution in [-0.4, -0.2) is 9.55 Å². The van der Waals surface area contributed by atoms with Gasteiger partial charge in [-0.1, -0.05) is 22.0 Å². The standard InChI is InChI=1S/C13H16BrN3/c1-8(2)17-7-16-12(13(17)15)10-4-5-11(14)9(3)6-10/h4-8H,15H2,1-3H3. The van der Waals surface area contributed by atoms with E-state index in [0.717, 1.165) is 21.5 Å². The molecule has 0 unspecified atom stereocenters. The van der Waals surface area contributed by atoms with Gasteiger partial charge in [-0.15, -0.1) is 0 Å². The molecule has 0 amide bonds. The Kier molecular flexibility index (Phi) is 3.24. The summed E-state index contributed by atoms with van der Waals surface area (Å²) in [5.74, 6) is 0.724. The van der Waals surface area contributed by atoms with E-state index < -0.39 is 0 Å². The zero-order valence-corrected chi connectivity index (χ0v) is 11.8. The van der Waals surface area contributed by atoms with Gasteiger partial charge in [-0.2, -0.15) is 0 Å². The van der Waals surface area contributed by atoms with E-state index in [2.05, 4.69) is 47.8 Å². The number of benzene rings is 1. The zero-order valence-electron chi connectivity index (χ0n) is 10.2. The first-order valence-corrected chi connectivity index (χ1v) is 6.39. The average molecular weight is 294 g/mol. The molecule has 90 valence electrons. The Morgan fingerprint density at radius 2 is 2.06 bits per heavy atom. The fourth-order valence-electron chi connectivity index (χ4n) is 1.80. The van der Waals surface area contributed by atoms with Crippen LogP contribution >= 0.6 is 15.9 Å². The topological polar surface area (TPSA) is 43.8 Å². The van der Waals surface area contributed by atoms with E-state index in [9.17, 15) is 0 Å². The lowest BCUT2D eigenvalue weighted by Gasteiger charge is -2.09. The lowest BCUT2D eigenvalue weighted by atomic mass is 10.1. The van der Waals surface area contributed by atoms with Crippen molar-refractivity contribution in [3.05, 3.63) is 34.6 Å². The van der Waals surface area contributed by atoms with Crippen LogP contribution in [0.4, 0.5) is 5.82 Å². The first-order valence-electron chi connectivity index (χ1n) is 5.59. The first kappa shape index (κ1) is 12.2. The largest absolute Gasteiger partial charge is 0.383 e. The van der Waals surface area contributed by atoms with Crippen LogP contribution in [0.1, 0.15) is 25.5 Å². The second kappa shape index (κ2) is 4.53. The minimum Gasteiger partial charge on any atom is -0.383 e. The molecule has 0 saturated heterocycles. The Morgan fingerprint density at radius 3 is 2.59 bits per heavy atom. The Morgan fingerprint density at radius 1 is 1.35 bits per heavy atom. The maximum absolute atomic E-state index is 6.11. The van der Waals surface area contributed by atoms with Crippen LogP contribution in [0.25, 0.3) is 11.3 Å². The van der Waals surface area contributed by atoms with E-state index in [1.807, 2.05) is 16.7 Å². The van der Waals surface area contributed by atoms with Gasteiger partial charge in [-0.25, -0.2) is 4.98 Å². The van der Waals surface area contributed by atoms with Gasteiger partial charge in [0.1, 0.15) is 11.5 Å². The number of halogens is 1. The Bertz CT molecular complexity index is 544. The summed E-state index contributed by atoms with van der Waals surface area (Å²) in [6.07, 6.45) is 1.80. The predicted molar refractivity (Wildman–Crippen MR) is 74.9 cm³/mol. The SMILES string of the molecule is Cc1cc(-c2ncn(C(C)C)c2N)ccc1Br. The quantitative estimate of drug-likeness (QED) is 0.916. The number of hydrogen-bond donors (Lipinski definition) is 1. The molecule has 17 heavy (non-hydrogen) atoms. The van der Waals surface area contributed by atoms with Gasteiger partial charge in [-0.3, -0.25) is 0 Å². The monoisotopic (exact) mass is 293 g/mol. The van der Waals surface area contributed by atoms with E-state index in [-0.39, 0.29) is 0 Å². The number of rotatable bonds is 2. The van der Waals surface area contributed by atoms with Gasteiger partial charge in [0.2, 0.25) is 0 Å². The van der Waals surface area contributed by atoms with E-state index in [4.69, 9.17) is 5.73 Å². The fraction of sp³-hybridized carbons (Fsp3) is 0.308. The van der Waals surface area contributed by atoms with Crippen LogP contribution < -0.4 is 5.73 Å². The molecule has 2 N–H and O–H groups in total. The molecule has 0 aliphatic carbocycles. The van der Waals surface area contributed by atoms with Gasteiger partial charge in [-0.05, 0) is 38.5 Å². The predicted octanol–water partition coefficient (Wildman–Crippen LogP) is 3.78. The van der Waals surface area contributed by atoms with E-state index >= 15 is 0 Å². The van der Waals surface area contributed by atoms with Gasteiger partial charge in [0.05, 0.1) is 6.33 Å². The molecule has 1 aromatic heterocycles. The van der Waals surface area contributed by atoms with Crippen LogP contribution in [0, 0.1) is 6.92 Å². The number of nitrogen functional groups attached to an aromatic ring is 1. The van der Waals surface area contributed by atoms with Crippen molar-refractivity contribution in [2.45, 2.75) is 26.8 Å². The molecule has 0 atom stereocenters. The lowest BCUT2D eigenvalue weighted by molar-refractivity contribution is 0.607. The molecular weight excluding hydrogens is 278 g/mol. The van der Waals surface area contributed by atoms with Crippen LogP contribution in [0.15, 0.2) is 29.0 Å². The molecule has 1 heterocycles. The van der Waals surface area contributed by atoms with Crippen LogP contribution in [-0.2, 0) is 0 Å². The number of hydrogen-bond acceptors (Lipinski definition) is 2.